The van der Waals surface area contributed by atoms with Crippen molar-refractivity contribution in [1.29, 1.82) is 5.26 Å². The summed E-state index contributed by atoms with van der Waals surface area (Å²) in [4.78, 5) is 27.9. The minimum absolute atomic E-state index is 0.0314. The monoisotopic (exact) mass is 415 g/mol. The van der Waals surface area contributed by atoms with Gasteiger partial charge >= 0.3 is 6.03 Å². The number of anilines is 1. The summed E-state index contributed by atoms with van der Waals surface area (Å²) in [5, 5.41) is 25.5. The van der Waals surface area contributed by atoms with Crippen LogP contribution in [0.15, 0.2) is 24.3 Å². The van der Waals surface area contributed by atoms with Gasteiger partial charge in [-0.3, -0.25) is 9.69 Å². The van der Waals surface area contributed by atoms with Gasteiger partial charge in [-0.2, -0.15) is 5.26 Å². The molecule has 3 amide bonds. The fraction of sp³-hybridized carbons (Fsp3) is 0.550. The first-order valence-electron chi connectivity index (χ1n) is 9.98. The van der Waals surface area contributed by atoms with E-state index in [-0.39, 0.29) is 12.5 Å². The molecule has 4 rings (SSSR count). The number of hydrogen-bond acceptors (Lipinski definition) is 7. The maximum absolute atomic E-state index is 12.5. The first-order chi connectivity index (χ1) is 14.5. The van der Waals surface area contributed by atoms with Gasteiger partial charge in [-0.05, 0) is 18.2 Å². The SMILES string of the molecule is CC(=O)N1CCN(C2C3OCC(O3)C(NC(=O)Nc3cccc(C#N)c3)C2O)CC1. The predicted octanol–water partition coefficient (Wildman–Crippen LogP) is -0.303. The summed E-state index contributed by atoms with van der Waals surface area (Å²) in [6, 6.07) is 7.01. The summed E-state index contributed by atoms with van der Waals surface area (Å²) in [6.07, 6.45) is -1.91. The van der Waals surface area contributed by atoms with E-state index in [1.807, 2.05) is 6.07 Å². The van der Waals surface area contributed by atoms with Gasteiger partial charge in [-0.1, -0.05) is 6.07 Å². The van der Waals surface area contributed by atoms with Crippen LogP contribution < -0.4 is 10.6 Å². The highest BCUT2D eigenvalue weighted by molar-refractivity contribution is 5.89. The van der Waals surface area contributed by atoms with Gasteiger partial charge in [0, 0.05) is 38.8 Å². The van der Waals surface area contributed by atoms with Gasteiger partial charge in [0.2, 0.25) is 5.91 Å². The molecule has 5 atom stereocenters. The number of nitrogens with one attached hydrogen (secondary N) is 2. The molecule has 160 valence electrons. The molecule has 0 aliphatic carbocycles. The Balaban J connectivity index is 1.41. The molecule has 30 heavy (non-hydrogen) atoms. The maximum Gasteiger partial charge on any atom is 0.319 e. The second-order valence-electron chi connectivity index (χ2n) is 7.72. The second-order valence-corrected chi connectivity index (χ2v) is 7.72. The van der Waals surface area contributed by atoms with E-state index in [1.165, 1.54) is 0 Å². The molecule has 0 spiro atoms. The number of fused-ring (bicyclic) bond motifs is 2. The van der Waals surface area contributed by atoms with Gasteiger partial charge in [0.15, 0.2) is 6.29 Å². The zero-order valence-electron chi connectivity index (χ0n) is 16.7. The van der Waals surface area contributed by atoms with Crippen LogP contribution in [-0.4, -0.2) is 90.2 Å². The number of carbonyl (C=O) groups is 2. The van der Waals surface area contributed by atoms with Crippen molar-refractivity contribution in [1.82, 2.24) is 15.1 Å². The molecule has 0 saturated carbocycles. The molecule has 3 saturated heterocycles. The van der Waals surface area contributed by atoms with E-state index in [1.54, 1.807) is 36.1 Å². The van der Waals surface area contributed by atoms with Gasteiger partial charge < -0.3 is 30.1 Å². The number of rotatable bonds is 3. The lowest BCUT2D eigenvalue weighted by Gasteiger charge is -2.46. The van der Waals surface area contributed by atoms with Crippen molar-refractivity contribution in [2.75, 3.05) is 38.1 Å². The molecule has 1 aromatic rings. The van der Waals surface area contributed by atoms with Gasteiger partial charge in [-0.15, -0.1) is 0 Å². The van der Waals surface area contributed by atoms with E-state index in [0.29, 0.717) is 37.4 Å². The average molecular weight is 415 g/mol. The van der Waals surface area contributed by atoms with E-state index < -0.39 is 36.6 Å². The Labute approximate surface area is 174 Å². The quantitative estimate of drug-likeness (QED) is 0.618. The summed E-state index contributed by atoms with van der Waals surface area (Å²) in [5.41, 5.74) is 0.917. The van der Waals surface area contributed by atoms with E-state index >= 15 is 0 Å². The largest absolute Gasteiger partial charge is 0.389 e. The summed E-state index contributed by atoms with van der Waals surface area (Å²) in [5.74, 6) is 0.0314. The molecule has 3 N–H and O–H groups in total. The van der Waals surface area contributed by atoms with Crippen molar-refractivity contribution in [3.63, 3.8) is 0 Å². The molecule has 3 heterocycles. The number of hydrogen-bond donors (Lipinski definition) is 3. The number of aliphatic hydroxyl groups excluding tert-OH is 1. The molecule has 2 bridgehead atoms. The lowest BCUT2D eigenvalue weighted by Crippen LogP contribution is -2.67. The topological polar surface area (TPSA) is 127 Å². The summed E-state index contributed by atoms with van der Waals surface area (Å²) in [7, 11) is 0. The van der Waals surface area contributed by atoms with E-state index in [9.17, 15) is 14.7 Å². The maximum atomic E-state index is 12.5. The zero-order valence-corrected chi connectivity index (χ0v) is 16.7. The highest BCUT2D eigenvalue weighted by Crippen LogP contribution is 2.32. The van der Waals surface area contributed by atoms with Crippen molar-refractivity contribution in [2.45, 2.75) is 37.5 Å². The summed E-state index contributed by atoms with van der Waals surface area (Å²) >= 11 is 0. The lowest BCUT2D eigenvalue weighted by molar-refractivity contribution is -0.185. The zero-order chi connectivity index (χ0) is 21.3. The third-order valence-corrected chi connectivity index (χ3v) is 5.86. The van der Waals surface area contributed by atoms with Gasteiger partial charge in [0.25, 0.3) is 0 Å². The highest BCUT2D eigenvalue weighted by Gasteiger charge is 2.52. The van der Waals surface area contributed by atoms with Crippen molar-refractivity contribution < 1.29 is 24.2 Å². The third kappa shape index (κ3) is 4.11. The Morgan fingerprint density at radius 2 is 2.03 bits per heavy atom. The standard InChI is InChI=1S/C20H25N5O5/c1-12(26)24-5-7-25(8-6-24)17-18(27)16(15-11-29-19(17)30-15)23-20(28)22-14-4-2-3-13(9-14)10-21/h2-4,9,15-19,27H,5-8,11H2,1H3,(H2,22,23,28). The Kier molecular flexibility index (Phi) is 5.87. The number of aliphatic hydroxyl groups is 1. The van der Waals surface area contributed by atoms with Crippen LogP contribution in [0.3, 0.4) is 0 Å². The number of ether oxygens (including phenoxy) is 2. The first-order valence-corrected chi connectivity index (χ1v) is 9.98. The Morgan fingerprint density at radius 3 is 2.73 bits per heavy atom. The smallest absolute Gasteiger partial charge is 0.319 e. The molecule has 10 nitrogen and oxygen atoms in total. The number of piperazine rings is 1. The van der Waals surface area contributed by atoms with Crippen molar-refractivity contribution in [3.05, 3.63) is 29.8 Å². The first kappa shape index (κ1) is 20.6. The number of benzene rings is 1. The minimum atomic E-state index is -0.892. The number of urea groups is 1. The van der Waals surface area contributed by atoms with Gasteiger partial charge in [-0.25, -0.2) is 4.79 Å². The molecule has 1 aromatic carbocycles. The molecule has 0 radical (unpaired) electrons. The van der Waals surface area contributed by atoms with E-state index in [4.69, 9.17) is 14.7 Å². The molecule has 3 aliphatic heterocycles. The predicted molar refractivity (Wildman–Crippen MR) is 105 cm³/mol. The van der Waals surface area contributed by atoms with Crippen LogP contribution in [-0.2, 0) is 14.3 Å². The van der Waals surface area contributed by atoms with Crippen LogP contribution in [0.1, 0.15) is 12.5 Å². The number of amides is 3. The van der Waals surface area contributed by atoms with Crippen LogP contribution in [0, 0.1) is 11.3 Å². The van der Waals surface area contributed by atoms with Crippen LogP contribution >= 0.6 is 0 Å². The Hall–Kier alpha value is -2.71. The Morgan fingerprint density at radius 1 is 1.27 bits per heavy atom. The van der Waals surface area contributed by atoms with E-state index in [0.717, 1.165) is 0 Å². The lowest BCUT2D eigenvalue weighted by atomic mass is 9.94. The van der Waals surface area contributed by atoms with Crippen LogP contribution in [0.2, 0.25) is 0 Å². The number of nitriles is 1. The summed E-state index contributed by atoms with van der Waals surface area (Å²) in [6.45, 7) is 4.15. The molecule has 3 aliphatic rings. The summed E-state index contributed by atoms with van der Waals surface area (Å²) < 4.78 is 11.7. The molecular weight excluding hydrogens is 390 g/mol. The molecule has 0 aromatic heterocycles. The minimum Gasteiger partial charge on any atom is -0.389 e. The Bertz CT molecular complexity index is 850. The van der Waals surface area contributed by atoms with E-state index in [2.05, 4.69) is 15.5 Å². The van der Waals surface area contributed by atoms with Crippen molar-refractivity contribution in [2.24, 2.45) is 0 Å². The number of nitrogens with zero attached hydrogens (tertiary/aromatic N) is 3. The fourth-order valence-corrected chi connectivity index (χ4v) is 4.29. The third-order valence-electron chi connectivity index (χ3n) is 5.86. The van der Waals surface area contributed by atoms with Crippen molar-refractivity contribution >= 4 is 17.6 Å². The average Bonchev–Trinajstić information content (AvgIpc) is 3.17. The second kappa shape index (κ2) is 8.57. The fourth-order valence-electron chi connectivity index (χ4n) is 4.29. The molecule has 10 heteroatoms. The molecule has 3 fully saturated rings. The number of carbonyl (C=O) groups excluding carboxylic acids is 2. The van der Waals surface area contributed by atoms with Crippen LogP contribution in [0.5, 0.6) is 0 Å². The van der Waals surface area contributed by atoms with Gasteiger partial charge in [0.05, 0.1) is 36.4 Å². The van der Waals surface area contributed by atoms with Crippen LogP contribution in [0.25, 0.3) is 0 Å². The van der Waals surface area contributed by atoms with Gasteiger partial charge in [0.1, 0.15) is 6.10 Å². The highest BCUT2D eigenvalue weighted by atomic mass is 16.7. The molecule has 5 unspecified atom stereocenters. The normalized spacial score (nSPS) is 31.1. The molecular formula is C20H25N5O5. The van der Waals surface area contributed by atoms with Crippen LogP contribution in [0.4, 0.5) is 10.5 Å². The van der Waals surface area contributed by atoms with Crippen molar-refractivity contribution in [3.8, 4) is 6.07 Å².